The number of hydrogen-bond donors (Lipinski definition) is 0. The fourth-order valence-corrected chi connectivity index (χ4v) is 3.54. The van der Waals surface area contributed by atoms with Gasteiger partial charge in [-0.15, -0.1) is 0 Å². The van der Waals surface area contributed by atoms with Gasteiger partial charge in [0.05, 0.1) is 13.2 Å². The van der Waals surface area contributed by atoms with Crippen LogP contribution in [0.3, 0.4) is 0 Å². The van der Waals surface area contributed by atoms with Crippen LogP contribution in [0.15, 0.2) is 24.3 Å². The lowest BCUT2D eigenvalue weighted by Gasteiger charge is -2.27. The minimum atomic E-state index is -0.507. The van der Waals surface area contributed by atoms with Crippen LogP contribution in [0.25, 0.3) is 0 Å². The molecule has 0 bridgehead atoms. The lowest BCUT2D eigenvalue weighted by molar-refractivity contribution is -0.129. The van der Waals surface area contributed by atoms with E-state index in [-0.39, 0.29) is 24.0 Å². The summed E-state index contributed by atoms with van der Waals surface area (Å²) in [4.78, 5) is 28.3. The predicted octanol–water partition coefficient (Wildman–Crippen LogP) is 2.66. The molecule has 6 heteroatoms. The normalized spacial score (nSPS) is 23.0. The summed E-state index contributed by atoms with van der Waals surface area (Å²) in [5.74, 6) is 1.15. The Morgan fingerprint density at radius 1 is 1.20 bits per heavy atom. The van der Waals surface area contributed by atoms with E-state index in [4.69, 9.17) is 9.47 Å². The summed E-state index contributed by atoms with van der Waals surface area (Å²) in [6.07, 6.45) is 0.207. The molecule has 1 aromatic rings. The van der Waals surface area contributed by atoms with Crippen molar-refractivity contribution in [3.05, 3.63) is 29.8 Å². The van der Waals surface area contributed by atoms with Crippen molar-refractivity contribution in [3.8, 4) is 5.75 Å². The third kappa shape index (κ3) is 3.89. The molecule has 0 aromatic heterocycles. The second-order valence-electron chi connectivity index (χ2n) is 7.79. The van der Waals surface area contributed by atoms with E-state index in [9.17, 15) is 9.59 Å². The Morgan fingerprint density at radius 2 is 1.88 bits per heavy atom. The molecule has 1 aromatic carbocycles. The fourth-order valence-electron chi connectivity index (χ4n) is 3.54. The summed E-state index contributed by atoms with van der Waals surface area (Å²) < 4.78 is 10.6. The number of likely N-dealkylation sites (tertiary alicyclic amines) is 2. The molecule has 2 saturated heterocycles. The van der Waals surface area contributed by atoms with Crippen molar-refractivity contribution in [2.24, 2.45) is 5.92 Å². The van der Waals surface area contributed by atoms with E-state index in [1.54, 1.807) is 12.0 Å². The van der Waals surface area contributed by atoms with Crippen LogP contribution in [0.1, 0.15) is 32.8 Å². The first-order valence-corrected chi connectivity index (χ1v) is 8.67. The second kappa shape index (κ2) is 6.58. The second-order valence-corrected chi connectivity index (χ2v) is 7.79. The van der Waals surface area contributed by atoms with Crippen LogP contribution < -0.4 is 4.74 Å². The molecule has 136 valence electrons. The number of carbonyl (C=O) groups excluding carboxylic acids is 2. The molecule has 2 amide bonds. The number of amides is 2. The molecule has 2 heterocycles. The zero-order chi connectivity index (χ0) is 18.2. The van der Waals surface area contributed by atoms with Gasteiger partial charge in [0.1, 0.15) is 11.4 Å². The van der Waals surface area contributed by atoms with Crippen LogP contribution >= 0.6 is 0 Å². The highest BCUT2D eigenvalue weighted by Gasteiger charge is 2.47. The van der Waals surface area contributed by atoms with Gasteiger partial charge in [-0.25, -0.2) is 4.79 Å². The standard InChI is InChI=1S/C19H26N2O4/c1-19(2,3)25-18(23)20-11-14-9-17(22)21(16(14)12-20)10-13-5-7-15(24-4)8-6-13/h5-8,14,16H,9-12H2,1-4H3/t14-,16+/m0/s1. The average Bonchev–Trinajstić information content (AvgIpc) is 3.06. The van der Waals surface area contributed by atoms with Gasteiger partial charge in [0, 0.05) is 32.0 Å². The Bertz CT molecular complexity index is 650. The quantitative estimate of drug-likeness (QED) is 0.844. The molecule has 0 N–H and O–H groups in total. The molecule has 25 heavy (non-hydrogen) atoms. The highest BCUT2D eigenvalue weighted by molar-refractivity contribution is 5.80. The average molecular weight is 346 g/mol. The molecule has 2 fully saturated rings. The Kier molecular flexibility index (Phi) is 4.62. The van der Waals surface area contributed by atoms with Crippen molar-refractivity contribution in [1.29, 1.82) is 0 Å². The number of ether oxygens (including phenoxy) is 2. The zero-order valence-electron chi connectivity index (χ0n) is 15.3. The van der Waals surface area contributed by atoms with E-state index >= 15 is 0 Å². The highest BCUT2D eigenvalue weighted by atomic mass is 16.6. The number of rotatable bonds is 3. The highest BCUT2D eigenvalue weighted by Crippen LogP contribution is 2.34. The molecule has 6 nitrogen and oxygen atoms in total. The Morgan fingerprint density at radius 3 is 2.48 bits per heavy atom. The van der Waals surface area contributed by atoms with Gasteiger partial charge in [0.15, 0.2) is 0 Å². The topological polar surface area (TPSA) is 59.1 Å². The van der Waals surface area contributed by atoms with Crippen molar-refractivity contribution < 1.29 is 19.1 Å². The molecular formula is C19H26N2O4. The maximum atomic E-state index is 12.4. The van der Waals surface area contributed by atoms with Crippen LogP contribution in [0.2, 0.25) is 0 Å². The molecule has 0 spiro atoms. The molecule has 0 aliphatic carbocycles. The molecule has 3 rings (SSSR count). The Hall–Kier alpha value is -2.24. The van der Waals surface area contributed by atoms with E-state index in [0.29, 0.717) is 26.1 Å². The predicted molar refractivity (Wildman–Crippen MR) is 93.2 cm³/mol. The van der Waals surface area contributed by atoms with E-state index in [1.165, 1.54) is 0 Å². The van der Waals surface area contributed by atoms with Gasteiger partial charge in [-0.2, -0.15) is 0 Å². The summed E-state index contributed by atoms with van der Waals surface area (Å²) >= 11 is 0. The molecule has 0 radical (unpaired) electrons. The number of fused-ring (bicyclic) bond motifs is 1. The van der Waals surface area contributed by atoms with Crippen LogP contribution in [0.5, 0.6) is 5.75 Å². The minimum absolute atomic E-state index is 0.0714. The first-order valence-electron chi connectivity index (χ1n) is 8.67. The molecule has 2 aliphatic rings. The molecular weight excluding hydrogens is 320 g/mol. The summed E-state index contributed by atoms with van der Waals surface area (Å²) in [6, 6.07) is 7.81. The maximum Gasteiger partial charge on any atom is 0.410 e. The van der Waals surface area contributed by atoms with Crippen molar-refractivity contribution in [3.63, 3.8) is 0 Å². The first kappa shape index (κ1) is 17.6. The third-order valence-electron chi connectivity index (χ3n) is 4.73. The molecule has 0 saturated carbocycles. The minimum Gasteiger partial charge on any atom is -0.497 e. The van der Waals surface area contributed by atoms with Crippen LogP contribution in [0.4, 0.5) is 4.79 Å². The fraction of sp³-hybridized carbons (Fsp3) is 0.579. The van der Waals surface area contributed by atoms with Crippen molar-refractivity contribution >= 4 is 12.0 Å². The third-order valence-corrected chi connectivity index (χ3v) is 4.73. The van der Waals surface area contributed by atoms with Gasteiger partial charge in [0.25, 0.3) is 0 Å². The number of carbonyl (C=O) groups is 2. The summed E-state index contributed by atoms with van der Waals surface area (Å²) in [6.45, 7) is 7.28. The van der Waals surface area contributed by atoms with Crippen LogP contribution in [-0.4, -0.2) is 53.6 Å². The van der Waals surface area contributed by atoms with Crippen LogP contribution in [-0.2, 0) is 16.1 Å². The van der Waals surface area contributed by atoms with Gasteiger partial charge in [-0.3, -0.25) is 4.79 Å². The van der Waals surface area contributed by atoms with Crippen LogP contribution in [0, 0.1) is 5.92 Å². The molecule has 0 unspecified atom stereocenters. The molecule has 2 atom stereocenters. The number of methoxy groups -OCH3 is 1. The van der Waals surface area contributed by atoms with Crippen molar-refractivity contribution in [1.82, 2.24) is 9.80 Å². The van der Waals surface area contributed by atoms with E-state index < -0.39 is 5.60 Å². The zero-order valence-corrected chi connectivity index (χ0v) is 15.3. The lowest BCUT2D eigenvalue weighted by atomic mass is 10.0. The lowest BCUT2D eigenvalue weighted by Crippen LogP contribution is -2.40. The van der Waals surface area contributed by atoms with E-state index in [1.807, 2.05) is 49.9 Å². The van der Waals surface area contributed by atoms with Gasteiger partial charge in [-0.05, 0) is 38.5 Å². The first-order chi connectivity index (χ1) is 11.8. The largest absolute Gasteiger partial charge is 0.497 e. The summed E-state index contributed by atoms with van der Waals surface area (Å²) in [5, 5.41) is 0. The number of hydrogen-bond acceptors (Lipinski definition) is 4. The van der Waals surface area contributed by atoms with Gasteiger partial charge in [0.2, 0.25) is 5.91 Å². The summed E-state index contributed by atoms with van der Waals surface area (Å²) in [7, 11) is 1.63. The Labute approximate surface area is 148 Å². The monoisotopic (exact) mass is 346 g/mol. The number of nitrogens with zero attached hydrogens (tertiary/aromatic N) is 2. The van der Waals surface area contributed by atoms with Crippen molar-refractivity contribution in [2.45, 2.75) is 45.4 Å². The van der Waals surface area contributed by atoms with Crippen molar-refractivity contribution in [2.75, 3.05) is 20.2 Å². The summed E-state index contributed by atoms with van der Waals surface area (Å²) in [5.41, 5.74) is 0.554. The SMILES string of the molecule is COc1ccc(CN2C(=O)C[C@H]3CN(C(=O)OC(C)(C)C)C[C@H]32)cc1. The van der Waals surface area contributed by atoms with Gasteiger partial charge < -0.3 is 19.3 Å². The van der Waals surface area contributed by atoms with Gasteiger partial charge >= 0.3 is 6.09 Å². The van der Waals surface area contributed by atoms with E-state index in [2.05, 4.69) is 0 Å². The number of benzene rings is 1. The Balaban J connectivity index is 1.66. The maximum absolute atomic E-state index is 12.4. The molecule has 2 aliphatic heterocycles. The van der Waals surface area contributed by atoms with Gasteiger partial charge in [-0.1, -0.05) is 12.1 Å². The van der Waals surface area contributed by atoms with E-state index in [0.717, 1.165) is 11.3 Å². The smallest absolute Gasteiger partial charge is 0.410 e.